The number of nitrogens with zero attached hydrogens (tertiary/aromatic N) is 4. The average Bonchev–Trinajstić information content (AvgIpc) is 2.67. The number of anilines is 1. The van der Waals surface area contributed by atoms with Crippen LogP contribution in [0.15, 0.2) is 42.7 Å². The number of pyridine rings is 1. The van der Waals surface area contributed by atoms with Gasteiger partial charge in [-0.05, 0) is 37.3 Å². The minimum atomic E-state index is 0.734. The largest absolute Gasteiger partial charge is 0.378 e. The summed E-state index contributed by atoms with van der Waals surface area (Å²) in [7, 11) is 0. The van der Waals surface area contributed by atoms with Gasteiger partial charge in [0.05, 0.1) is 24.4 Å². The minimum absolute atomic E-state index is 0.734. The van der Waals surface area contributed by atoms with Crippen molar-refractivity contribution in [1.29, 1.82) is 0 Å². The van der Waals surface area contributed by atoms with Crippen molar-refractivity contribution in [2.24, 2.45) is 0 Å². The molecule has 1 aromatic carbocycles. The predicted octanol–water partition coefficient (Wildman–Crippen LogP) is 3.34. The van der Waals surface area contributed by atoms with Gasteiger partial charge in [-0.2, -0.15) is 0 Å². The van der Waals surface area contributed by atoms with Crippen LogP contribution in [0.25, 0.3) is 23.1 Å². The van der Waals surface area contributed by atoms with Crippen LogP contribution in [0.3, 0.4) is 0 Å². The van der Waals surface area contributed by atoms with Crippen LogP contribution in [0.5, 0.6) is 0 Å². The van der Waals surface area contributed by atoms with Crippen LogP contribution in [0.1, 0.15) is 16.8 Å². The Morgan fingerprint density at radius 2 is 1.80 bits per heavy atom. The van der Waals surface area contributed by atoms with Crippen molar-refractivity contribution in [3.63, 3.8) is 0 Å². The molecule has 4 rings (SSSR count). The number of aryl methyl sites for hydroxylation is 1. The Bertz CT molecular complexity index is 899. The van der Waals surface area contributed by atoms with E-state index < -0.39 is 0 Å². The average molecular weight is 332 g/mol. The van der Waals surface area contributed by atoms with Crippen LogP contribution >= 0.6 is 0 Å². The number of morpholine rings is 1. The lowest BCUT2D eigenvalue weighted by molar-refractivity contribution is 0.122. The van der Waals surface area contributed by atoms with E-state index in [1.807, 2.05) is 30.6 Å². The molecule has 0 saturated carbocycles. The summed E-state index contributed by atoms with van der Waals surface area (Å²) < 4.78 is 5.35. The van der Waals surface area contributed by atoms with Gasteiger partial charge < -0.3 is 9.64 Å². The molecule has 3 aromatic rings. The third kappa shape index (κ3) is 3.67. The summed E-state index contributed by atoms with van der Waals surface area (Å²) in [6, 6.07) is 10.4. The zero-order valence-corrected chi connectivity index (χ0v) is 14.2. The first-order valence-corrected chi connectivity index (χ1v) is 8.48. The molecule has 1 aliphatic rings. The van der Waals surface area contributed by atoms with Gasteiger partial charge in [0.2, 0.25) is 5.95 Å². The van der Waals surface area contributed by atoms with Gasteiger partial charge in [0, 0.05) is 36.4 Å². The highest BCUT2D eigenvalue weighted by molar-refractivity contribution is 5.81. The van der Waals surface area contributed by atoms with E-state index in [-0.39, 0.29) is 0 Å². The normalized spacial score (nSPS) is 15.2. The number of hydrogen-bond acceptors (Lipinski definition) is 5. The van der Waals surface area contributed by atoms with Crippen LogP contribution in [0, 0.1) is 6.92 Å². The van der Waals surface area contributed by atoms with Gasteiger partial charge in [0.25, 0.3) is 0 Å². The molecule has 2 aromatic heterocycles. The standard InChI is InChI=1S/C20H20N4O/c1-15-2-7-19-17(12-15)4-6-18(23-19)5-3-16-13-21-20(22-14-16)24-8-10-25-11-9-24/h2-7,12-14H,8-11H2,1H3. The van der Waals surface area contributed by atoms with Crippen LogP contribution in [0.2, 0.25) is 0 Å². The van der Waals surface area contributed by atoms with Crippen LogP contribution in [-0.2, 0) is 4.74 Å². The van der Waals surface area contributed by atoms with Crippen molar-refractivity contribution in [1.82, 2.24) is 15.0 Å². The summed E-state index contributed by atoms with van der Waals surface area (Å²) in [4.78, 5) is 15.7. The Morgan fingerprint density at radius 1 is 1.00 bits per heavy atom. The molecule has 1 fully saturated rings. The molecule has 0 spiro atoms. The first-order chi connectivity index (χ1) is 12.3. The predicted molar refractivity (Wildman–Crippen MR) is 100 cm³/mol. The molecule has 3 heterocycles. The number of hydrogen-bond donors (Lipinski definition) is 0. The molecular formula is C20H20N4O. The third-order valence-electron chi connectivity index (χ3n) is 4.26. The fraction of sp³-hybridized carbons (Fsp3) is 0.250. The zero-order chi connectivity index (χ0) is 17.1. The molecule has 0 N–H and O–H groups in total. The SMILES string of the molecule is Cc1ccc2nc(C=Cc3cnc(N4CCOCC4)nc3)ccc2c1. The fourth-order valence-corrected chi connectivity index (χ4v) is 2.88. The van der Waals surface area contributed by atoms with Gasteiger partial charge in [0.1, 0.15) is 0 Å². The summed E-state index contributed by atoms with van der Waals surface area (Å²) >= 11 is 0. The lowest BCUT2D eigenvalue weighted by Crippen LogP contribution is -2.37. The van der Waals surface area contributed by atoms with E-state index in [0.29, 0.717) is 0 Å². The van der Waals surface area contributed by atoms with E-state index in [1.54, 1.807) is 0 Å². The maximum Gasteiger partial charge on any atom is 0.225 e. The van der Waals surface area contributed by atoms with Crippen LogP contribution in [0.4, 0.5) is 5.95 Å². The lowest BCUT2D eigenvalue weighted by atomic mass is 10.1. The topological polar surface area (TPSA) is 51.1 Å². The Morgan fingerprint density at radius 3 is 2.60 bits per heavy atom. The maximum absolute atomic E-state index is 5.35. The Balaban J connectivity index is 1.50. The van der Waals surface area contributed by atoms with Crippen LogP contribution in [-0.4, -0.2) is 41.3 Å². The van der Waals surface area contributed by atoms with Gasteiger partial charge in [-0.25, -0.2) is 15.0 Å². The Labute approximate surface area is 147 Å². The van der Waals surface area contributed by atoms with Gasteiger partial charge in [-0.15, -0.1) is 0 Å². The molecule has 0 aliphatic carbocycles. The quantitative estimate of drug-likeness (QED) is 0.736. The number of fused-ring (bicyclic) bond motifs is 1. The van der Waals surface area contributed by atoms with E-state index in [1.165, 1.54) is 5.56 Å². The molecular weight excluding hydrogens is 312 g/mol. The summed E-state index contributed by atoms with van der Waals surface area (Å²) in [6.07, 6.45) is 7.68. The monoisotopic (exact) mass is 332 g/mol. The van der Waals surface area contributed by atoms with Crippen molar-refractivity contribution in [3.8, 4) is 0 Å². The van der Waals surface area contributed by atoms with E-state index >= 15 is 0 Å². The molecule has 1 saturated heterocycles. The number of ether oxygens (including phenoxy) is 1. The van der Waals surface area contributed by atoms with Crippen molar-refractivity contribution < 1.29 is 4.74 Å². The number of benzene rings is 1. The van der Waals surface area contributed by atoms with Crippen molar-refractivity contribution in [2.45, 2.75) is 6.92 Å². The molecule has 0 atom stereocenters. The fourth-order valence-electron chi connectivity index (χ4n) is 2.88. The van der Waals surface area contributed by atoms with E-state index in [0.717, 1.165) is 54.4 Å². The lowest BCUT2D eigenvalue weighted by Gasteiger charge is -2.26. The Kier molecular flexibility index (Phi) is 4.39. The van der Waals surface area contributed by atoms with E-state index in [4.69, 9.17) is 4.74 Å². The van der Waals surface area contributed by atoms with E-state index in [2.05, 4.69) is 51.0 Å². The highest BCUT2D eigenvalue weighted by atomic mass is 16.5. The smallest absolute Gasteiger partial charge is 0.225 e. The second kappa shape index (κ2) is 6.99. The molecule has 1 aliphatic heterocycles. The molecule has 5 nitrogen and oxygen atoms in total. The minimum Gasteiger partial charge on any atom is -0.378 e. The van der Waals surface area contributed by atoms with E-state index in [9.17, 15) is 0 Å². The molecule has 0 radical (unpaired) electrons. The molecule has 126 valence electrons. The van der Waals surface area contributed by atoms with Crippen molar-refractivity contribution in [3.05, 3.63) is 59.5 Å². The molecule has 0 unspecified atom stereocenters. The first kappa shape index (κ1) is 15.7. The summed E-state index contributed by atoms with van der Waals surface area (Å²) in [5.41, 5.74) is 4.14. The van der Waals surface area contributed by atoms with Gasteiger partial charge in [0.15, 0.2) is 0 Å². The maximum atomic E-state index is 5.35. The van der Waals surface area contributed by atoms with Gasteiger partial charge in [-0.3, -0.25) is 0 Å². The summed E-state index contributed by atoms with van der Waals surface area (Å²) in [6.45, 7) is 5.25. The zero-order valence-electron chi connectivity index (χ0n) is 14.2. The second-order valence-corrected chi connectivity index (χ2v) is 6.18. The summed E-state index contributed by atoms with van der Waals surface area (Å²) in [5.74, 6) is 0.764. The number of aromatic nitrogens is 3. The number of rotatable bonds is 3. The highest BCUT2D eigenvalue weighted by Gasteiger charge is 2.12. The van der Waals surface area contributed by atoms with Gasteiger partial charge >= 0.3 is 0 Å². The second-order valence-electron chi connectivity index (χ2n) is 6.18. The molecule has 5 heteroatoms. The van der Waals surface area contributed by atoms with Crippen LogP contribution < -0.4 is 4.90 Å². The molecule has 0 amide bonds. The highest BCUT2D eigenvalue weighted by Crippen LogP contribution is 2.16. The summed E-state index contributed by atoms with van der Waals surface area (Å²) in [5, 5.41) is 1.16. The van der Waals surface area contributed by atoms with Crippen molar-refractivity contribution in [2.75, 3.05) is 31.2 Å². The Hall–Kier alpha value is -2.79. The first-order valence-electron chi connectivity index (χ1n) is 8.48. The van der Waals surface area contributed by atoms with Gasteiger partial charge in [-0.1, -0.05) is 17.7 Å². The third-order valence-corrected chi connectivity index (χ3v) is 4.26. The molecule has 0 bridgehead atoms. The van der Waals surface area contributed by atoms with Crippen molar-refractivity contribution >= 4 is 29.0 Å². The molecule has 25 heavy (non-hydrogen) atoms.